The minimum Gasteiger partial charge on any atom is -0.439 e. The molecule has 0 aliphatic carbocycles. The van der Waals surface area contributed by atoms with Gasteiger partial charge in [0.05, 0.1) is 29.7 Å². The second-order valence-corrected chi connectivity index (χ2v) is 7.35. The molecular weight excluding hydrogens is 437 g/mol. The molecule has 3 aromatic rings. The van der Waals surface area contributed by atoms with E-state index in [1.54, 1.807) is 12.1 Å². The number of rotatable bonds is 6. The Hall–Kier alpha value is -2.69. The zero-order valence-electron chi connectivity index (χ0n) is 16.3. The first-order valence-corrected chi connectivity index (χ1v) is 9.84. The minimum absolute atomic E-state index is 0.00704. The molecule has 2 atom stereocenters. The molecule has 0 radical (unpaired) electrons. The van der Waals surface area contributed by atoms with E-state index in [0.29, 0.717) is 35.0 Å². The molecule has 1 aliphatic heterocycles. The van der Waals surface area contributed by atoms with Gasteiger partial charge in [-0.25, -0.2) is 9.97 Å². The molecule has 1 aromatic carbocycles. The number of ether oxygens (including phenoxy) is 3. The summed E-state index contributed by atoms with van der Waals surface area (Å²) in [5.41, 5.74) is -0.280. The Morgan fingerprint density at radius 3 is 2.68 bits per heavy atom. The number of halogens is 4. The van der Waals surface area contributed by atoms with Crippen LogP contribution >= 0.6 is 11.6 Å². The maximum Gasteiger partial charge on any atom is 0.417 e. The highest BCUT2D eigenvalue weighted by molar-refractivity contribution is 6.31. The molecule has 31 heavy (non-hydrogen) atoms. The van der Waals surface area contributed by atoms with Gasteiger partial charge in [0.1, 0.15) is 17.9 Å². The van der Waals surface area contributed by atoms with Crippen molar-refractivity contribution in [3.63, 3.8) is 0 Å². The standard InChI is InChI=1S/C20H18ClF3N4O3/c1-2-13-10-29-19(31-13,8-17-26-11-27-28-17)15-5-4-14(7-16(15)21)30-18-6-3-12(9-25-18)20(22,23)24/h3-7,9,11,13H,2,8,10H2,1H3,(H,26,27,28). The van der Waals surface area contributed by atoms with E-state index in [1.165, 1.54) is 12.4 Å². The summed E-state index contributed by atoms with van der Waals surface area (Å²) in [7, 11) is 0. The van der Waals surface area contributed by atoms with Crippen LogP contribution in [0.5, 0.6) is 11.6 Å². The Balaban J connectivity index is 1.58. The summed E-state index contributed by atoms with van der Waals surface area (Å²) in [5.74, 6) is -0.266. The highest BCUT2D eigenvalue weighted by Gasteiger charge is 2.45. The number of H-pyrrole nitrogens is 1. The van der Waals surface area contributed by atoms with Gasteiger partial charge in [0, 0.05) is 17.8 Å². The number of aromatic amines is 1. The van der Waals surface area contributed by atoms with Gasteiger partial charge in [-0.15, -0.1) is 0 Å². The Morgan fingerprint density at radius 1 is 1.26 bits per heavy atom. The third kappa shape index (κ3) is 4.65. The van der Waals surface area contributed by atoms with Gasteiger partial charge >= 0.3 is 6.18 Å². The summed E-state index contributed by atoms with van der Waals surface area (Å²) < 4.78 is 55.8. The van der Waals surface area contributed by atoms with Crippen molar-refractivity contribution < 1.29 is 27.4 Å². The molecule has 0 saturated carbocycles. The van der Waals surface area contributed by atoms with Crippen molar-refractivity contribution in [3.05, 3.63) is 64.8 Å². The van der Waals surface area contributed by atoms with Gasteiger partial charge in [-0.05, 0) is 30.7 Å². The highest BCUT2D eigenvalue weighted by atomic mass is 35.5. The van der Waals surface area contributed by atoms with Crippen molar-refractivity contribution in [3.8, 4) is 11.6 Å². The average Bonchev–Trinajstić information content (AvgIpc) is 3.38. The van der Waals surface area contributed by atoms with Crippen molar-refractivity contribution in [2.45, 2.75) is 37.8 Å². The summed E-state index contributed by atoms with van der Waals surface area (Å²) in [5, 5.41) is 6.95. The van der Waals surface area contributed by atoms with Crippen molar-refractivity contribution in [2.24, 2.45) is 0 Å². The Kier molecular flexibility index (Phi) is 5.87. The molecular formula is C20H18ClF3N4O3. The summed E-state index contributed by atoms with van der Waals surface area (Å²) in [4.78, 5) is 7.85. The fourth-order valence-corrected chi connectivity index (χ4v) is 3.54. The summed E-state index contributed by atoms with van der Waals surface area (Å²) in [6.07, 6.45) is -1.44. The van der Waals surface area contributed by atoms with Crippen LogP contribution < -0.4 is 4.74 Å². The van der Waals surface area contributed by atoms with E-state index >= 15 is 0 Å². The minimum atomic E-state index is -4.47. The molecule has 2 unspecified atom stereocenters. The second-order valence-electron chi connectivity index (χ2n) is 6.95. The SMILES string of the molecule is CCC1COC(Cc2ncn[nH]2)(c2ccc(Oc3ccc(C(F)(F)F)cn3)cc2Cl)O1. The van der Waals surface area contributed by atoms with Crippen LogP contribution in [0.15, 0.2) is 42.9 Å². The third-order valence-corrected chi connectivity index (χ3v) is 5.13. The van der Waals surface area contributed by atoms with E-state index in [0.717, 1.165) is 18.6 Å². The molecule has 1 saturated heterocycles. The summed E-state index contributed by atoms with van der Waals surface area (Å²) in [6, 6.07) is 6.89. The number of aromatic nitrogens is 4. The van der Waals surface area contributed by atoms with Crippen molar-refractivity contribution in [1.29, 1.82) is 0 Å². The Morgan fingerprint density at radius 2 is 2.10 bits per heavy atom. The van der Waals surface area contributed by atoms with Crippen LogP contribution in [0.3, 0.4) is 0 Å². The zero-order valence-corrected chi connectivity index (χ0v) is 17.1. The molecule has 1 fully saturated rings. The smallest absolute Gasteiger partial charge is 0.417 e. The molecule has 1 aliphatic rings. The molecule has 11 heteroatoms. The molecule has 0 spiro atoms. The predicted molar refractivity (Wildman–Crippen MR) is 104 cm³/mol. The number of hydrogen-bond donors (Lipinski definition) is 1. The van der Waals surface area contributed by atoms with Crippen molar-refractivity contribution in [1.82, 2.24) is 20.2 Å². The van der Waals surface area contributed by atoms with Crippen LogP contribution in [0.2, 0.25) is 5.02 Å². The third-order valence-electron chi connectivity index (χ3n) is 4.82. The van der Waals surface area contributed by atoms with E-state index in [1.807, 2.05) is 6.92 Å². The monoisotopic (exact) mass is 454 g/mol. The largest absolute Gasteiger partial charge is 0.439 e. The van der Waals surface area contributed by atoms with E-state index in [9.17, 15) is 13.2 Å². The van der Waals surface area contributed by atoms with Gasteiger partial charge in [-0.1, -0.05) is 18.5 Å². The van der Waals surface area contributed by atoms with E-state index in [2.05, 4.69) is 20.2 Å². The molecule has 4 rings (SSSR count). The molecule has 0 bridgehead atoms. The maximum absolute atomic E-state index is 12.7. The quantitative estimate of drug-likeness (QED) is 0.571. The van der Waals surface area contributed by atoms with Gasteiger partial charge < -0.3 is 14.2 Å². The molecule has 2 aromatic heterocycles. The van der Waals surface area contributed by atoms with Crippen molar-refractivity contribution >= 4 is 11.6 Å². The normalized spacial score (nSPS) is 21.4. The fraction of sp³-hybridized carbons (Fsp3) is 0.350. The van der Waals surface area contributed by atoms with Crippen LogP contribution in [-0.2, 0) is 27.9 Å². The summed E-state index contributed by atoms with van der Waals surface area (Å²) >= 11 is 6.53. The second kappa shape index (κ2) is 8.45. The number of pyridine rings is 1. The van der Waals surface area contributed by atoms with Gasteiger partial charge in [0.25, 0.3) is 0 Å². The van der Waals surface area contributed by atoms with Crippen molar-refractivity contribution in [2.75, 3.05) is 6.61 Å². The van der Waals surface area contributed by atoms with E-state index < -0.39 is 17.5 Å². The molecule has 164 valence electrons. The first kappa shape index (κ1) is 21.5. The van der Waals surface area contributed by atoms with Crippen LogP contribution in [0, 0.1) is 0 Å². The molecule has 0 amide bonds. The lowest BCUT2D eigenvalue weighted by Crippen LogP contribution is -2.32. The lowest BCUT2D eigenvalue weighted by molar-refractivity contribution is -0.177. The first-order chi connectivity index (χ1) is 14.8. The zero-order chi connectivity index (χ0) is 22.1. The number of nitrogens with zero attached hydrogens (tertiary/aromatic N) is 3. The molecule has 1 N–H and O–H groups in total. The lowest BCUT2D eigenvalue weighted by atomic mass is 10.0. The number of hydrogen-bond acceptors (Lipinski definition) is 6. The van der Waals surface area contributed by atoms with Crippen LogP contribution in [0.4, 0.5) is 13.2 Å². The van der Waals surface area contributed by atoms with Gasteiger partial charge in [-0.2, -0.15) is 18.3 Å². The Bertz CT molecular complexity index is 1030. The predicted octanol–water partition coefficient (Wildman–Crippen LogP) is 4.89. The molecule has 7 nitrogen and oxygen atoms in total. The first-order valence-electron chi connectivity index (χ1n) is 9.46. The summed E-state index contributed by atoms with van der Waals surface area (Å²) in [6.45, 7) is 2.39. The number of alkyl halides is 3. The fourth-order valence-electron chi connectivity index (χ4n) is 3.23. The van der Waals surface area contributed by atoms with E-state index in [4.69, 9.17) is 25.8 Å². The van der Waals surface area contributed by atoms with Crippen LogP contribution in [-0.4, -0.2) is 32.9 Å². The Labute approximate surface area is 180 Å². The van der Waals surface area contributed by atoms with Gasteiger partial charge in [0.2, 0.25) is 11.7 Å². The maximum atomic E-state index is 12.7. The average molecular weight is 455 g/mol. The van der Waals surface area contributed by atoms with Crippen LogP contribution in [0.1, 0.15) is 30.3 Å². The number of benzene rings is 1. The number of nitrogens with one attached hydrogen (secondary N) is 1. The highest BCUT2D eigenvalue weighted by Crippen LogP contribution is 2.42. The van der Waals surface area contributed by atoms with Crippen LogP contribution in [0.25, 0.3) is 0 Å². The molecule has 3 heterocycles. The topological polar surface area (TPSA) is 82.2 Å². The van der Waals surface area contributed by atoms with Gasteiger partial charge in [-0.3, -0.25) is 5.10 Å². The lowest BCUT2D eigenvalue weighted by Gasteiger charge is -2.28. The van der Waals surface area contributed by atoms with Gasteiger partial charge in [0.15, 0.2) is 0 Å². The van der Waals surface area contributed by atoms with E-state index in [-0.39, 0.29) is 18.4 Å².